The van der Waals surface area contributed by atoms with E-state index in [4.69, 9.17) is 0 Å². The monoisotopic (exact) mass is 143 g/mol. The predicted molar refractivity (Wildman–Crippen MR) is 34.1 cm³/mol. The van der Waals surface area contributed by atoms with Crippen molar-refractivity contribution in [1.82, 2.24) is 0 Å². The maximum Gasteiger partial charge on any atom is 0.226 e. The van der Waals surface area contributed by atoms with Crippen LogP contribution in [0.2, 0.25) is 0 Å². The molecule has 0 amide bonds. The summed E-state index contributed by atoms with van der Waals surface area (Å²) in [5.41, 5.74) is 0. The third kappa shape index (κ3) is 0.894. The molecule has 1 rings (SSSR count). The fourth-order valence-electron chi connectivity index (χ4n) is 1.38. The van der Waals surface area contributed by atoms with Crippen molar-refractivity contribution in [3.8, 4) is 0 Å². The van der Waals surface area contributed by atoms with E-state index < -0.39 is 6.04 Å². The molecule has 0 aromatic carbocycles. The zero-order chi connectivity index (χ0) is 7.89. The van der Waals surface area contributed by atoms with Gasteiger partial charge in [0.1, 0.15) is 5.78 Å². The third-order valence-corrected chi connectivity index (χ3v) is 2.05. The standard InChI is InChI=1S/C6H9NO3/c1-3-5(4(2)8)6(3)7(9)10/h3,5-6H,1-2H3. The highest BCUT2D eigenvalue weighted by atomic mass is 16.6. The van der Waals surface area contributed by atoms with Crippen molar-refractivity contribution in [3.05, 3.63) is 10.1 Å². The number of nitrogens with zero attached hydrogens (tertiary/aromatic N) is 1. The van der Waals surface area contributed by atoms with Gasteiger partial charge in [-0.15, -0.1) is 0 Å². The van der Waals surface area contributed by atoms with Gasteiger partial charge in [0, 0.05) is 10.8 Å². The molecule has 4 heteroatoms. The Bertz CT molecular complexity index is 169. The quantitative estimate of drug-likeness (QED) is 0.417. The smallest absolute Gasteiger partial charge is 0.226 e. The summed E-state index contributed by atoms with van der Waals surface area (Å²) in [5, 5.41) is 10.1. The molecule has 1 aliphatic rings. The van der Waals surface area contributed by atoms with Crippen LogP contribution in [0.25, 0.3) is 0 Å². The first-order valence-electron chi connectivity index (χ1n) is 3.19. The fraction of sp³-hybridized carbons (Fsp3) is 0.833. The van der Waals surface area contributed by atoms with Crippen LogP contribution in [0.15, 0.2) is 0 Å². The van der Waals surface area contributed by atoms with Gasteiger partial charge >= 0.3 is 0 Å². The molecule has 3 unspecified atom stereocenters. The van der Waals surface area contributed by atoms with Gasteiger partial charge in [-0.25, -0.2) is 0 Å². The fourth-order valence-corrected chi connectivity index (χ4v) is 1.38. The molecule has 0 radical (unpaired) electrons. The lowest BCUT2D eigenvalue weighted by atomic mass is 10.2. The summed E-state index contributed by atoms with van der Waals surface area (Å²) in [5.74, 6) is -0.420. The number of Topliss-reactive ketones (excluding diaryl/α,β-unsaturated/α-hetero) is 1. The van der Waals surface area contributed by atoms with Crippen molar-refractivity contribution >= 4 is 5.78 Å². The predicted octanol–water partition coefficient (Wildman–Crippen LogP) is 0.487. The van der Waals surface area contributed by atoms with Gasteiger partial charge in [-0.1, -0.05) is 6.92 Å². The molecule has 4 nitrogen and oxygen atoms in total. The molecule has 10 heavy (non-hydrogen) atoms. The first-order valence-corrected chi connectivity index (χ1v) is 3.19. The van der Waals surface area contributed by atoms with Crippen molar-refractivity contribution in [3.63, 3.8) is 0 Å². The first kappa shape index (κ1) is 7.18. The van der Waals surface area contributed by atoms with Crippen LogP contribution in [-0.4, -0.2) is 16.7 Å². The van der Waals surface area contributed by atoms with E-state index >= 15 is 0 Å². The average Bonchev–Trinajstić information content (AvgIpc) is 2.40. The van der Waals surface area contributed by atoms with Crippen LogP contribution in [0.4, 0.5) is 0 Å². The number of rotatable bonds is 2. The lowest BCUT2D eigenvalue weighted by molar-refractivity contribution is -0.500. The Balaban J connectivity index is 2.57. The second kappa shape index (κ2) is 2.04. The molecule has 0 aliphatic heterocycles. The molecule has 0 aromatic heterocycles. The Morgan fingerprint density at radius 2 is 2.10 bits per heavy atom. The Kier molecular flexibility index (Phi) is 1.46. The Hall–Kier alpha value is -0.930. The van der Waals surface area contributed by atoms with Gasteiger partial charge in [0.25, 0.3) is 0 Å². The molecule has 1 aliphatic carbocycles. The normalized spacial score (nSPS) is 37.2. The lowest BCUT2D eigenvalue weighted by Gasteiger charge is -1.84. The highest BCUT2D eigenvalue weighted by Crippen LogP contribution is 2.41. The minimum absolute atomic E-state index is 0.0486. The van der Waals surface area contributed by atoms with Gasteiger partial charge in [0.2, 0.25) is 6.04 Å². The van der Waals surface area contributed by atoms with Gasteiger partial charge in [0.15, 0.2) is 0 Å². The Morgan fingerprint density at radius 1 is 1.60 bits per heavy atom. The number of carbonyl (C=O) groups excluding carboxylic acids is 1. The molecule has 0 N–H and O–H groups in total. The largest absolute Gasteiger partial charge is 0.299 e. The average molecular weight is 143 g/mol. The van der Waals surface area contributed by atoms with E-state index in [1.165, 1.54) is 6.92 Å². The molecule has 0 aromatic rings. The van der Waals surface area contributed by atoms with E-state index in [1.807, 2.05) is 0 Å². The highest BCUT2D eigenvalue weighted by molar-refractivity contribution is 5.82. The second-order valence-corrected chi connectivity index (χ2v) is 2.77. The van der Waals surface area contributed by atoms with E-state index in [-0.39, 0.29) is 22.5 Å². The lowest BCUT2D eigenvalue weighted by Crippen LogP contribution is -2.07. The third-order valence-electron chi connectivity index (χ3n) is 2.05. The zero-order valence-electron chi connectivity index (χ0n) is 5.90. The summed E-state index contributed by atoms with van der Waals surface area (Å²) in [4.78, 5) is 20.4. The van der Waals surface area contributed by atoms with Crippen molar-refractivity contribution < 1.29 is 9.72 Å². The van der Waals surface area contributed by atoms with Gasteiger partial charge in [-0.3, -0.25) is 14.9 Å². The Labute approximate surface area is 58.4 Å². The molecule has 1 fully saturated rings. The molecule has 0 saturated heterocycles. The van der Waals surface area contributed by atoms with E-state index in [2.05, 4.69) is 0 Å². The summed E-state index contributed by atoms with van der Waals surface area (Å²) >= 11 is 0. The van der Waals surface area contributed by atoms with Crippen LogP contribution < -0.4 is 0 Å². The molecule has 0 bridgehead atoms. The van der Waals surface area contributed by atoms with Gasteiger partial charge in [-0.2, -0.15) is 0 Å². The molecule has 56 valence electrons. The van der Waals surface area contributed by atoms with Crippen molar-refractivity contribution in [2.75, 3.05) is 0 Å². The van der Waals surface area contributed by atoms with Gasteiger partial charge in [-0.05, 0) is 6.92 Å². The van der Waals surface area contributed by atoms with Crippen molar-refractivity contribution in [2.45, 2.75) is 19.9 Å². The topological polar surface area (TPSA) is 60.2 Å². The number of carbonyl (C=O) groups is 1. The van der Waals surface area contributed by atoms with Crippen LogP contribution in [0.1, 0.15) is 13.8 Å². The van der Waals surface area contributed by atoms with Gasteiger partial charge in [0.05, 0.1) is 5.92 Å². The maximum absolute atomic E-state index is 10.6. The first-order chi connectivity index (χ1) is 4.55. The zero-order valence-corrected chi connectivity index (χ0v) is 5.90. The molecular weight excluding hydrogens is 134 g/mol. The van der Waals surface area contributed by atoms with Gasteiger partial charge < -0.3 is 0 Å². The van der Waals surface area contributed by atoms with Crippen LogP contribution in [0.5, 0.6) is 0 Å². The molecular formula is C6H9NO3. The number of hydrogen-bond donors (Lipinski definition) is 0. The molecule has 3 atom stereocenters. The summed E-state index contributed by atoms with van der Waals surface area (Å²) in [6, 6.07) is -0.600. The van der Waals surface area contributed by atoms with E-state index in [0.29, 0.717) is 0 Å². The van der Waals surface area contributed by atoms with E-state index in [9.17, 15) is 14.9 Å². The van der Waals surface area contributed by atoms with Crippen LogP contribution >= 0.6 is 0 Å². The van der Waals surface area contributed by atoms with Crippen LogP contribution in [0, 0.1) is 22.0 Å². The van der Waals surface area contributed by atoms with Crippen molar-refractivity contribution in [1.29, 1.82) is 0 Å². The Morgan fingerprint density at radius 3 is 2.20 bits per heavy atom. The minimum Gasteiger partial charge on any atom is -0.299 e. The summed E-state index contributed by atoms with van der Waals surface area (Å²) in [7, 11) is 0. The minimum atomic E-state index is -0.600. The second-order valence-electron chi connectivity index (χ2n) is 2.77. The number of hydrogen-bond acceptors (Lipinski definition) is 3. The highest BCUT2D eigenvalue weighted by Gasteiger charge is 2.59. The van der Waals surface area contributed by atoms with E-state index in [1.54, 1.807) is 6.92 Å². The van der Waals surface area contributed by atoms with Crippen LogP contribution in [-0.2, 0) is 4.79 Å². The maximum atomic E-state index is 10.6. The SMILES string of the molecule is CC(=O)C1C(C)C1[N+](=O)[O-]. The number of ketones is 1. The number of nitro groups is 1. The molecule has 1 saturated carbocycles. The summed E-state index contributed by atoms with van der Waals surface area (Å²) in [6.07, 6.45) is 0. The van der Waals surface area contributed by atoms with Crippen molar-refractivity contribution in [2.24, 2.45) is 11.8 Å². The summed E-state index contributed by atoms with van der Waals surface area (Å²) in [6.45, 7) is 3.14. The summed E-state index contributed by atoms with van der Waals surface area (Å²) < 4.78 is 0. The molecule has 0 spiro atoms. The van der Waals surface area contributed by atoms with Crippen LogP contribution in [0.3, 0.4) is 0 Å². The molecule has 0 heterocycles. The van der Waals surface area contributed by atoms with E-state index in [0.717, 1.165) is 0 Å².